The Bertz CT molecular complexity index is 887. The van der Waals surface area contributed by atoms with E-state index in [0.717, 1.165) is 36.7 Å². The maximum Gasteiger partial charge on any atom is 0.229 e. The normalized spacial score (nSPS) is 17.8. The van der Waals surface area contributed by atoms with Crippen LogP contribution in [0.5, 0.6) is 0 Å². The highest BCUT2D eigenvalue weighted by Gasteiger charge is 2.28. The van der Waals surface area contributed by atoms with Crippen molar-refractivity contribution in [1.82, 2.24) is 19.6 Å². The number of imidazole rings is 1. The van der Waals surface area contributed by atoms with Gasteiger partial charge in [0, 0.05) is 25.8 Å². The van der Waals surface area contributed by atoms with Crippen LogP contribution in [-0.2, 0) is 11.2 Å². The number of hydrogen-bond acceptors (Lipinski definition) is 3. The van der Waals surface area contributed by atoms with Gasteiger partial charge in [0.05, 0.1) is 23.9 Å². The molecule has 1 saturated heterocycles. The van der Waals surface area contributed by atoms with Gasteiger partial charge in [0.25, 0.3) is 0 Å². The zero-order valence-electron chi connectivity index (χ0n) is 14.4. The highest BCUT2D eigenvalue weighted by atomic mass is 16.2. The van der Waals surface area contributed by atoms with Gasteiger partial charge < -0.3 is 14.6 Å². The number of aryl methyl sites for hydroxylation is 1. The molecular weight excluding hydrogens is 312 g/mol. The molecule has 1 aliphatic rings. The van der Waals surface area contributed by atoms with Crippen LogP contribution in [0.15, 0.2) is 54.7 Å². The average Bonchev–Trinajstić information content (AvgIpc) is 2.98. The maximum absolute atomic E-state index is 13.1. The first-order valence-corrected chi connectivity index (χ1v) is 8.72. The summed E-state index contributed by atoms with van der Waals surface area (Å²) in [5.74, 6) is 0.157. The van der Waals surface area contributed by atoms with Crippen molar-refractivity contribution < 1.29 is 4.79 Å². The molecule has 1 fully saturated rings. The molecule has 4 rings (SSSR count). The number of piperazine rings is 1. The minimum absolute atomic E-state index is 0.0851. The van der Waals surface area contributed by atoms with E-state index in [9.17, 15) is 4.79 Å². The Hall–Kier alpha value is -2.66. The van der Waals surface area contributed by atoms with Crippen LogP contribution >= 0.6 is 0 Å². The summed E-state index contributed by atoms with van der Waals surface area (Å²) >= 11 is 0. The molecule has 0 aliphatic carbocycles. The smallest absolute Gasteiger partial charge is 0.229 e. The van der Waals surface area contributed by atoms with Gasteiger partial charge in [-0.15, -0.1) is 0 Å². The average molecular weight is 334 g/mol. The summed E-state index contributed by atoms with van der Waals surface area (Å²) in [6, 6.07) is 16.3. The summed E-state index contributed by atoms with van der Waals surface area (Å²) in [5, 5.41) is 3.41. The van der Waals surface area contributed by atoms with Crippen LogP contribution < -0.4 is 5.32 Å². The molecule has 128 valence electrons. The van der Waals surface area contributed by atoms with Gasteiger partial charge in [-0.25, -0.2) is 4.98 Å². The van der Waals surface area contributed by atoms with Crippen LogP contribution in [0.4, 0.5) is 0 Å². The first-order valence-electron chi connectivity index (χ1n) is 8.72. The van der Waals surface area contributed by atoms with Crippen molar-refractivity contribution in [3.8, 4) is 0 Å². The van der Waals surface area contributed by atoms with Crippen LogP contribution in [0.1, 0.15) is 23.0 Å². The Morgan fingerprint density at radius 2 is 2.00 bits per heavy atom. The standard InChI is InChI=1S/C20H22N4O/c1-15-17(23-11-6-5-9-19(23)22-15)13-20(25)24-12-10-21-14-18(24)16-7-3-2-4-8-16/h2-9,11,18,21H,10,12-14H2,1H3/t18-/m0/s1. The molecule has 25 heavy (non-hydrogen) atoms. The van der Waals surface area contributed by atoms with E-state index in [0.29, 0.717) is 6.42 Å². The third-order valence-electron chi connectivity index (χ3n) is 4.90. The van der Waals surface area contributed by atoms with E-state index in [-0.39, 0.29) is 11.9 Å². The Balaban J connectivity index is 1.61. The number of rotatable bonds is 3. The van der Waals surface area contributed by atoms with Crippen LogP contribution in [0, 0.1) is 6.92 Å². The summed E-state index contributed by atoms with van der Waals surface area (Å²) in [4.78, 5) is 19.7. The monoisotopic (exact) mass is 334 g/mol. The van der Waals surface area contributed by atoms with Crippen LogP contribution in [0.25, 0.3) is 5.65 Å². The van der Waals surface area contributed by atoms with Gasteiger partial charge in [0.2, 0.25) is 5.91 Å². The highest BCUT2D eigenvalue weighted by molar-refractivity contribution is 5.79. The fourth-order valence-corrected chi connectivity index (χ4v) is 3.60. The molecule has 1 aliphatic heterocycles. The molecule has 1 atom stereocenters. The van der Waals surface area contributed by atoms with Crippen molar-refractivity contribution in [2.75, 3.05) is 19.6 Å². The predicted octanol–water partition coefficient (Wildman–Crippen LogP) is 2.36. The predicted molar refractivity (Wildman–Crippen MR) is 97.4 cm³/mol. The van der Waals surface area contributed by atoms with Crippen molar-refractivity contribution in [2.24, 2.45) is 0 Å². The van der Waals surface area contributed by atoms with Gasteiger partial charge in [0.15, 0.2) is 0 Å². The molecule has 3 heterocycles. The molecule has 1 amide bonds. The van der Waals surface area contributed by atoms with Crippen molar-refractivity contribution in [3.63, 3.8) is 0 Å². The number of carbonyl (C=O) groups is 1. The number of amides is 1. The van der Waals surface area contributed by atoms with E-state index < -0.39 is 0 Å². The lowest BCUT2D eigenvalue weighted by molar-refractivity contribution is -0.133. The first kappa shape index (κ1) is 15.8. The minimum atomic E-state index is 0.0851. The molecule has 0 radical (unpaired) electrons. The molecule has 3 aromatic rings. The second-order valence-corrected chi connectivity index (χ2v) is 6.47. The van der Waals surface area contributed by atoms with Crippen molar-refractivity contribution in [3.05, 3.63) is 71.7 Å². The number of pyridine rings is 1. The van der Waals surface area contributed by atoms with Crippen molar-refractivity contribution in [1.29, 1.82) is 0 Å². The van der Waals surface area contributed by atoms with Crippen molar-refractivity contribution in [2.45, 2.75) is 19.4 Å². The van der Waals surface area contributed by atoms with E-state index in [4.69, 9.17) is 0 Å². The Morgan fingerprint density at radius 1 is 1.20 bits per heavy atom. The maximum atomic E-state index is 13.1. The number of nitrogens with one attached hydrogen (secondary N) is 1. The van der Waals surface area contributed by atoms with E-state index in [2.05, 4.69) is 22.4 Å². The van der Waals surface area contributed by atoms with E-state index in [1.165, 1.54) is 5.56 Å². The second kappa shape index (κ2) is 6.69. The minimum Gasteiger partial charge on any atom is -0.333 e. The number of carbonyl (C=O) groups excluding carboxylic acids is 1. The number of benzene rings is 1. The number of hydrogen-bond donors (Lipinski definition) is 1. The summed E-state index contributed by atoms with van der Waals surface area (Å²) in [5.41, 5.74) is 3.97. The highest BCUT2D eigenvalue weighted by Crippen LogP contribution is 2.23. The summed E-state index contributed by atoms with van der Waals surface area (Å²) in [6.45, 7) is 4.33. The van der Waals surface area contributed by atoms with E-state index >= 15 is 0 Å². The zero-order valence-corrected chi connectivity index (χ0v) is 14.4. The number of aromatic nitrogens is 2. The topological polar surface area (TPSA) is 49.6 Å². The lowest BCUT2D eigenvalue weighted by Crippen LogP contribution is -2.49. The van der Waals surface area contributed by atoms with Crippen LogP contribution in [0.3, 0.4) is 0 Å². The van der Waals surface area contributed by atoms with Crippen LogP contribution in [0.2, 0.25) is 0 Å². The lowest BCUT2D eigenvalue weighted by atomic mass is 10.0. The van der Waals surface area contributed by atoms with Gasteiger partial charge in [-0.3, -0.25) is 4.79 Å². The summed E-state index contributed by atoms with van der Waals surface area (Å²) < 4.78 is 2.02. The fraction of sp³-hybridized carbons (Fsp3) is 0.300. The molecule has 5 heteroatoms. The van der Waals surface area contributed by atoms with E-state index in [1.807, 2.05) is 58.8 Å². The second-order valence-electron chi connectivity index (χ2n) is 6.47. The van der Waals surface area contributed by atoms with Gasteiger partial charge in [-0.05, 0) is 24.6 Å². The first-order chi connectivity index (χ1) is 12.2. The molecule has 2 aromatic heterocycles. The van der Waals surface area contributed by atoms with Gasteiger partial charge in [-0.2, -0.15) is 0 Å². The molecule has 0 saturated carbocycles. The van der Waals surface area contributed by atoms with E-state index in [1.54, 1.807) is 0 Å². The lowest BCUT2D eigenvalue weighted by Gasteiger charge is -2.36. The Kier molecular flexibility index (Phi) is 4.24. The van der Waals surface area contributed by atoms with Crippen LogP contribution in [-0.4, -0.2) is 39.8 Å². The molecule has 5 nitrogen and oxygen atoms in total. The third-order valence-corrected chi connectivity index (χ3v) is 4.90. The number of nitrogens with zero attached hydrogens (tertiary/aromatic N) is 3. The molecule has 1 N–H and O–H groups in total. The Morgan fingerprint density at radius 3 is 2.84 bits per heavy atom. The molecule has 1 aromatic carbocycles. The molecular formula is C20H22N4O. The molecule has 0 bridgehead atoms. The molecule has 0 spiro atoms. The fourth-order valence-electron chi connectivity index (χ4n) is 3.60. The van der Waals surface area contributed by atoms with Crippen molar-refractivity contribution >= 4 is 11.6 Å². The SMILES string of the molecule is Cc1nc2ccccn2c1CC(=O)N1CCNC[C@H]1c1ccccc1. The Labute approximate surface area is 147 Å². The molecule has 0 unspecified atom stereocenters. The number of fused-ring (bicyclic) bond motifs is 1. The zero-order chi connectivity index (χ0) is 17.2. The summed E-state index contributed by atoms with van der Waals surface area (Å²) in [6.07, 6.45) is 2.35. The van der Waals surface area contributed by atoms with Gasteiger partial charge >= 0.3 is 0 Å². The summed E-state index contributed by atoms with van der Waals surface area (Å²) in [7, 11) is 0. The van der Waals surface area contributed by atoms with Gasteiger partial charge in [0.1, 0.15) is 5.65 Å². The quantitative estimate of drug-likeness (QED) is 0.800. The van der Waals surface area contributed by atoms with Gasteiger partial charge in [-0.1, -0.05) is 36.4 Å². The largest absolute Gasteiger partial charge is 0.333 e. The third kappa shape index (κ3) is 3.03.